The third kappa shape index (κ3) is 3.75. The summed E-state index contributed by atoms with van der Waals surface area (Å²) in [5, 5.41) is 24.3. The molecular weight excluding hydrogens is 296 g/mol. The van der Waals surface area contributed by atoms with Gasteiger partial charge in [-0.3, -0.25) is 14.9 Å². The van der Waals surface area contributed by atoms with Crippen molar-refractivity contribution in [3.05, 3.63) is 34.4 Å². The molecule has 21 heavy (non-hydrogen) atoms. The number of thioether (sulfide) groups is 1. The molecule has 1 heterocycles. The number of aryl methyl sites for hydroxylation is 1. The van der Waals surface area contributed by atoms with Crippen molar-refractivity contribution >= 4 is 29.0 Å². The van der Waals surface area contributed by atoms with Gasteiger partial charge in [0.05, 0.1) is 10.2 Å². The predicted molar refractivity (Wildman–Crippen MR) is 75.8 cm³/mol. The molecule has 10 heteroatoms. The minimum absolute atomic E-state index is 0.0781. The van der Waals surface area contributed by atoms with Gasteiger partial charge in [-0.15, -0.1) is 5.10 Å². The fourth-order valence-electron chi connectivity index (χ4n) is 1.47. The van der Waals surface area contributed by atoms with E-state index in [0.29, 0.717) is 10.8 Å². The van der Waals surface area contributed by atoms with Crippen molar-refractivity contribution in [2.45, 2.75) is 17.3 Å². The summed E-state index contributed by atoms with van der Waals surface area (Å²) in [5.74, 6) is -0.288. The summed E-state index contributed by atoms with van der Waals surface area (Å²) in [4.78, 5) is 22.2. The van der Waals surface area contributed by atoms with Crippen LogP contribution >= 0.6 is 11.8 Å². The first kappa shape index (κ1) is 14.9. The molecule has 0 aliphatic heterocycles. The lowest BCUT2D eigenvalue weighted by molar-refractivity contribution is -0.384. The van der Waals surface area contributed by atoms with E-state index in [1.165, 1.54) is 34.6 Å². The quantitative estimate of drug-likeness (QED) is 0.501. The third-order valence-electron chi connectivity index (χ3n) is 2.56. The number of tetrazole rings is 1. The number of nitrogens with one attached hydrogen (secondary N) is 1. The predicted octanol–water partition coefficient (Wildman–Crippen LogP) is 1.24. The Bertz CT molecular complexity index is 673. The fraction of sp³-hybridized carbons (Fsp3) is 0.273. The molecule has 0 aliphatic carbocycles. The first-order valence-electron chi connectivity index (χ1n) is 5.91. The molecule has 9 nitrogen and oxygen atoms in total. The van der Waals surface area contributed by atoms with Crippen molar-refractivity contribution < 1.29 is 9.72 Å². The second-order valence-electron chi connectivity index (χ2n) is 4.14. The number of rotatable bonds is 5. The second kappa shape index (κ2) is 6.31. The van der Waals surface area contributed by atoms with E-state index in [4.69, 9.17) is 0 Å². The molecule has 0 saturated carbocycles. The van der Waals surface area contributed by atoms with Crippen LogP contribution in [0.4, 0.5) is 11.4 Å². The summed E-state index contributed by atoms with van der Waals surface area (Å²) in [6, 6.07) is 5.77. The van der Waals surface area contributed by atoms with Crippen LogP contribution in [0.2, 0.25) is 0 Å². The number of nitro groups is 1. The van der Waals surface area contributed by atoms with Gasteiger partial charge in [0.15, 0.2) is 0 Å². The van der Waals surface area contributed by atoms with E-state index in [-0.39, 0.29) is 11.6 Å². The van der Waals surface area contributed by atoms with Crippen molar-refractivity contribution in [1.29, 1.82) is 0 Å². The SMILES string of the molecule is CC(Sc1nnnn1C)C(=O)Nc1cccc([N+](=O)[O-])c1. The largest absolute Gasteiger partial charge is 0.325 e. The van der Waals surface area contributed by atoms with Gasteiger partial charge < -0.3 is 5.32 Å². The van der Waals surface area contributed by atoms with Crippen LogP contribution < -0.4 is 5.32 Å². The van der Waals surface area contributed by atoms with E-state index in [9.17, 15) is 14.9 Å². The Morgan fingerprint density at radius 3 is 2.90 bits per heavy atom. The van der Waals surface area contributed by atoms with Crippen molar-refractivity contribution in [1.82, 2.24) is 20.2 Å². The number of hydrogen-bond donors (Lipinski definition) is 1. The highest BCUT2D eigenvalue weighted by Crippen LogP contribution is 2.22. The molecule has 1 N–H and O–H groups in total. The Balaban J connectivity index is 2.02. The highest BCUT2D eigenvalue weighted by molar-refractivity contribution is 8.00. The molecule has 2 rings (SSSR count). The monoisotopic (exact) mass is 308 g/mol. The summed E-state index contributed by atoms with van der Waals surface area (Å²) in [5.41, 5.74) is 0.295. The highest BCUT2D eigenvalue weighted by atomic mass is 32.2. The van der Waals surface area contributed by atoms with Gasteiger partial charge in [0, 0.05) is 24.9 Å². The van der Waals surface area contributed by atoms with Gasteiger partial charge in [-0.05, 0) is 23.4 Å². The lowest BCUT2D eigenvalue weighted by Gasteiger charge is -2.10. The maximum atomic E-state index is 12.1. The standard InChI is InChI=1S/C11H12N6O3S/c1-7(21-11-13-14-15-16(11)2)10(18)12-8-4-3-5-9(6-8)17(19)20/h3-7H,1-2H3,(H,12,18). The lowest BCUT2D eigenvalue weighted by atomic mass is 10.2. The average Bonchev–Trinajstić information content (AvgIpc) is 2.84. The van der Waals surface area contributed by atoms with Gasteiger partial charge in [-0.1, -0.05) is 17.8 Å². The van der Waals surface area contributed by atoms with E-state index in [0.717, 1.165) is 0 Å². The van der Waals surface area contributed by atoms with Gasteiger partial charge in [0.25, 0.3) is 5.69 Å². The lowest BCUT2D eigenvalue weighted by Crippen LogP contribution is -2.22. The number of amides is 1. The molecule has 2 aromatic rings. The van der Waals surface area contributed by atoms with Crippen molar-refractivity contribution in [3.8, 4) is 0 Å². The molecule has 1 aromatic heterocycles. The van der Waals surface area contributed by atoms with Crippen molar-refractivity contribution in [2.75, 3.05) is 5.32 Å². The van der Waals surface area contributed by atoms with Crippen LogP contribution in [0.5, 0.6) is 0 Å². The van der Waals surface area contributed by atoms with Gasteiger partial charge >= 0.3 is 0 Å². The van der Waals surface area contributed by atoms with Crippen LogP contribution in [0.1, 0.15) is 6.92 Å². The molecule has 0 fully saturated rings. The van der Waals surface area contributed by atoms with E-state index in [2.05, 4.69) is 20.8 Å². The first-order chi connectivity index (χ1) is 9.97. The molecule has 0 radical (unpaired) electrons. The molecule has 0 bridgehead atoms. The Hall–Kier alpha value is -2.49. The normalized spacial score (nSPS) is 11.9. The highest BCUT2D eigenvalue weighted by Gasteiger charge is 2.18. The summed E-state index contributed by atoms with van der Waals surface area (Å²) >= 11 is 1.20. The van der Waals surface area contributed by atoms with Gasteiger partial charge in [0.2, 0.25) is 11.1 Å². The number of non-ortho nitro benzene ring substituents is 1. The molecule has 0 saturated heterocycles. The minimum atomic E-state index is -0.515. The maximum Gasteiger partial charge on any atom is 0.271 e. The third-order valence-corrected chi connectivity index (χ3v) is 3.68. The van der Waals surface area contributed by atoms with Crippen LogP contribution in [0.3, 0.4) is 0 Å². The Morgan fingerprint density at radius 2 is 2.29 bits per heavy atom. The van der Waals surface area contributed by atoms with E-state index in [1.54, 1.807) is 20.0 Å². The summed E-state index contributed by atoms with van der Waals surface area (Å²) in [6.45, 7) is 1.70. The van der Waals surface area contributed by atoms with Crippen LogP contribution in [0, 0.1) is 10.1 Å². The molecule has 1 unspecified atom stereocenters. The molecule has 0 spiro atoms. The van der Waals surface area contributed by atoms with Gasteiger partial charge in [-0.25, -0.2) is 4.68 Å². The van der Waals surface area contributed by atoms with E-state index in [1.807, 2.05) is 0 Å². The van der Waals surface area contributed by atoms with Crippen LogP contribution in [0.15, 0.2) is 29.4 Å². The molecule has 110 valence electrons. The van der Waals surface area contributed by atoms with E-state index >= 15 is 0 Å². The number of hydrogen-bond acceptors (Lipinski definition) is 7. The molecule has 0 aliphatic rings. The first-order valence-corrected chi connectivity index (χ1v) is 6.79. The number of nitro benzene ring substituents is 1. The van der Waals surface area contributed by atoms with Gasteiger partial charge in [-0.2, -0.15) is 0 Å². The van der Waals surface area contributed by atoms with Gasteiger partial charge in [0.1, 0.15) is 0 Å². The minimum Gasteiger partial charge on any atom is -0.325 e. The second-order valence-corrected chi connectivity index (χ2v) is 5.45. The smallest absolute Gasteiger partial charge is 0.271 e. The summed E-state index contributed by atoms with van der Waals surface area (Å²) in [6.07, 6.45) is 0. The Labute approximate surface area is 123 Å². The topological polar surface area (TPSA) is 116 Å². The molecule has 1 aromatic carbocycles. The Morgan fingerprint density at radius 1 is 1.52 bits per heavy atom. The molecule has 1 amide bonds. The fourth-order valence-corrected chi connectivity index (χ4v) is 2.23. The van der Waals surface area contributed by atoms with Crippen molar-refractivity contribution in [2.24, 2.45) is 7.05 Å². The number of nitrogens with zero attached hydrogens (tertiary/aromatic N) is 5. The zero-order chi connectivity index (χ0) is 15.4. The number of aromatic nitrogens is 4. The van der Waals surface area contributed by atoms with Crippen LogP contribution in [-0.4, -0.2) is 36.3 Å². The van der Waals surface area contributed by atoms with Crippen LogP contribution in [-0.2, 0) is 11.8 Å². The number of benzene rings is 1. The number of carbonyl (C=O) groups is 1. The Kier molecular flexibility index (Phi) is 4.48. The summed E-state index contributed by atoms with van der Waals surface area (Å²) < 4.78 is 1.46. The maximum absolute atomic E-state index is 12.1. The van der Waals surface area contributed by atoms with Crippen LogP contribution in [0.25, 0.3) is 0 Å². The molecule has 1 atom stereocenters. The average molecular weight is 308 g/mol. The van der Waals surface area contributed by atoms with Crippen molar-refractivity contribution in [3.63, 3.8) is 0 Å². The van der Waals surface area contributed by atoms with E-state index < -0.39 is 10.2 Å². The number of carbonyl (C=O) groups excluding carboxylic acids is 1. The number of anilines is 1. The molecular formula is C11H12N6O3S. The zero-order valence-corrected chi connectivity index (χ0v) is 12.1. The zero-order valence-electron chi connectivity index (χ0n) is 11.3. The summed E-state index contributed by atoms with van der Waals surface area (Å²) in [7, 11) is 1.67.